The summed E-state index contributed by atoms with van der Waals surface area (Å²) in [7, 11) is 0. The van der Waals surface area contributed by atoms with E-state index >= 15 is 0 Å². The Bertz CT molecular complexity index is 665. The zero-order valence-corrected chi connectivity index (χ0v) is 13.1. The van der Waals surface area contributed by atoms with Gasteiger partial charge in [0.25, 0.3) is 5.91 Å². The number of aliphatic hydroxyl groups is 1. The number of rotatable bonds is 5. The molecule has 0 spiro atoms. The van der Waals surface area contributed by atoms with Gasteiger partial charge in [-0.3, -0.25) is 4.79 Å². The predicted molar refractivity (Wildman–Crippen MR) is 82.1 cm³/mol. The van der Waals surface area contributed by atoms with Gasteiger partial charge in [-0.1, -0.05) is 13.0 Å². The lowest BCUT2D eigenvalue weighted by Crippen LogP contribution is -2.28. The first kappa shape index (κ1) is 16.6. The van der Waals surface area contributed by atoms with E-state index in [2.05, 4.69) is 5.32 Å². The van der Waals surface area contributed by atoms with Crippen molar-refractivity contribution in [3.63, 3.8) is 0 Å². The second-order valence-electron chi connectivity index (χ2n) is 4.93. The van der Waals surface area contributed by atoms with Crippen LogP contribution in [0.1, 0.15) is 38.7 Å². The van der Waals surface area contributed by atoms with E-state index in [4.69, 9.17) is 0 Å². The fraction of sp³-hybridized carbons (Fsp3) is 0.312. The minimum Gasteiger partial charge on any atom is -0.386 e. The van der Waals surface area contributed by atoms with Crippen molar-refractivity contribution in [2.45, 2.75) is 26.4 Å². The zero-order chi connectivity index (χ0) is 16.3. The van der Waals surface area contributed by atoms with Crippen LogP contribution >= 0.6 is 11.3 Å². The molecule has 22 heavy (non-hydrogen) atoms. The molecule has 2 rings (SSSR count). The Morgan fingerprint density at radius 1 is 1.36 bits per heavy atom. The number of aryl methyl sites for hydroxylation is 2. The van der Waals surface area contributed by atoms with Gasteiger partial charge in [-0.05, 0) is 37.1 Å². The molecule has 118 valence electrons. The molecule has 1 atom stereocenters. The van der Waals surface area contributed by atoms with Gasteiger partial charge < -0.3 is 10.4 Å². The van der Waals surface area contributed by atoms with Crippen molar-refractivity contribution in [2.24, 2.45) is 0 Å². The molecule has 2 N–H and O–H groups in total. The minimum atomic E-state index is -1.43. The van der Waals surface area contributed by atoms with Gasteiger partial charge in [0.05, 0.1) is 10.4 Å². The second-order valence-corrected chi connectivity index (χ2v) is 6.07. The van der Waals surface area contributed by atoms with Crippen LogP contribution in [-0.4, -0.2) is 17.6 Å². The van der Waals surface area contributed by atoms with Gasteiger partial charge in [0.2, 0.25) is 0 Å². The van der Waals surface area contributed by atoms with Crippen LogP contribution in [0.3, 0.4) is 0 Å². The number of carbonyl (C=O) groups excluding carboxylic acids is 1. The molecule has 3 nitrogen and oxygen atoms in total. The number of amides is 1. The van der Waals surface area contributed by atoms with Crippen molar-refractivity contribution in [1.29, 1.82) is 0 Å². The molecular weight excluding hydrogens is 308 g/mol. The van der Waals surface area contributed by atoms with Crippen LogP contribution in [0.5, 0.6) is 0 Å². The van der Waals surface area contributed by atoms with Crippen LogP contribution in [0, 0.1) is 18.6 Å². The first-order valence-electron chi connectivity index (χ1n) is 6.93. The molecule has 0 saturated heterocycles. The third-order valence-electron chi connectivity index (χ3n) is 3.35. The molecule has 0 aliphatic rings. The summed E-state index contributed by atoms with van der Waals surface area (Å²) in [4.78, 5) is 13.7. The smallest absolute Gasteiger partial charge is 0.261 e. The van der Waals surface area contributed by atoms with Gasteiger partial charge >= 0.3 is 0 Å². The molecule has 0 aliphatic heterocycles. The number of halogens is 2. The van der Waals surface area contributed by atoms with Gasteiger partial charge in [-0.25, -0.2) is 8.78 Å². The number of thiophene rings is 1. The molecule has 1 amide bonds. The molecule has 0 fully saturated rings. The normalized spacial score (nSPS) is 12.2. The Balaban J connectivity index is 2.04. The Labute approximate surface area is 131 Å². The highest BCUT2D eigenvalue weighted by atomic mass is 32.1. The average molecular weight is 325 g/mol. The maximum Gasteiger partial charge on any atom is 0.261 e. The van der Waals surface area contributed by atoms with Crippen molar-refractivity contribution in [3.8, 4) is 0 Å². The molecule has 0 radical (unpaired) electrons. The van der Waals surface area contributed by atoms with Gasteiger partial charge in [-0.2, -0.15) is 0 Å². The van der Waals surface area contributed by atoms with E-state index in [0.29, 0.717) is 4.88 Å². The summed E-state index contributed by atoms with van der Waals surface area (Å²) in [6.07, 6.45) is -0.593. The molecule has 1 aromatic carbocycles. The van der Waals surface area contributed by atoms with Crippen LogP contribution in [-0.2, 0) is 6.42 Å². The fourth-order valence-electron chi connectivity index (χ4n) is 2.19. The molecule has 0 bridgehead atoms. The van der Waals surface area contributed by atoms with Crippen LogP contribution in [0.2, 0.25) is 0 Å². The lowest BCUT2D eigenvalue weighted by molar-refractivity contribution is 0.0915. The van der Waals surface area contributed by atoms with Crippen molar-refractivity contribution < 1.29 is 18.7 Å². The van der Waals surface area contributed by atoms with Crippen molar-refractivity contribution in [1.82, 2.24) is 5.32 Å². The molecule has 0 aliphatic carbocycles. The van der Waals surface area contributed by atoms with Crippen molar-refractivity contribution in [2.75, 3.05) is 6.54 Å². The van der Waals surface area contributed by atoms with Gasteiger partial charge in [0.15, 0.2) is 0 Å². The lowest BCUT2D eigenvalue weighted by Gasteiger charge is -2.13. The summed E-state index contributed by atoms with van der Waals surface area (Å²) in [6.45, 7) is 3.68. The standard InChI is InChI=1S/C16H17F2NO2S/c1-3-13-9(2)7-14(22-13)16(21)19-8-12(20)15-10(17)5-4-6-11(15)18/h4-7,12,20H,3,8H2,1-2H3,(H,19,21). The van der Waals surface area contributed by atoms with E-state index < -0.39 is 23.3 Å². The summed E-state index contributed by atoms with van der Waals surface area (Å²) in [5.74, 6) is -2.02. The Morgan fingerprint density at radius 2 is 2.00 bits per heavy atom. The highest BCUT2D eigenvalue weighted by Crippen LogP contribution is 2.23. The van der Waals surface area contributed by atoms with Crippen molar-refractivity contribution in [3.05, 3.63) is 56.8 Å². The third kappa shape index (κ3) is 3.51. The number of aliphatic hydroxyl groups excluding tert-OH is 1. The largest absolute Gasteiger partial charge is 0.386 e. The summed E-state index contributed by atoms with van der Waals surface area (Å²) < 4.78 is 27.1. The molecule has 1 unspecified atom stereocenters. The van der Waals surface area contributed by atoms with Crippen LogP contribution in [0.4, 0.5) is 8.78 Å². The average Bonchev–Trinajstić information content (AvgIpc) is 2.85. The number of carbonyl (C=O) groups is 1. The minimum absolute atomic E-state index is 0.255. The number of hydrogen-bond donors (Lipinski definition) is 2. The summed E-state index contributed by atoms with van der Waals surface area (Å²) in [5, 5.41) is 12.4. The van der Waals surface area contributed by atoms with Gasteiger partial charge in [-0.15, -0.1) is 11.3 Å². The quantitative estimate of drug-likeness (QED) is 0.885. The summed E-state index contributed by atoms with van der Waals surface area (Å²) in [5.41, 5.74) is 0.609. The molecule has 1 heterocycles. The molecule has 6 heteroatoms. The second kappa shape index (κ2) is 6.98. The first-order chi connectivity index (χ1) is 10.4. The number of nitrogens with one attached hydrogen (secondary N) is 1. The van der Waals surface area contributed by atoms with E-state index in [-0.39, 0.29) is 12.5 Å². The Hall–Kier alpha value is -1.79. The molecule has 0 saturated carbocycles. The lowest BCUT2D eigenvalue weighted by atomic mass is 10.1. The maximum absolute atomic E-state index is 13.5. The van der Waals surface area contributed by atoms with Crippen LogP contribution in [0.15, 0.2) is 24.3 Å². The van der Waals surface area contributed by atoms with E-state index in [1.807, 2.05) is 13.8 Å². The van der Waals surface area contributed by atoms with E-state index in [1.165, 1.54) is 17.4 Å². The molecule has 1 aromatic heterocycles. The van der Waals surface area contributed by atoms with Gasteiger partial charge in [0, 0.05) is 11.4 Å². The number of benzene rings is 1. The van der Waals surface area contributed by atoms with Crippen molar-refractivity contribution >= 4 is 17.2 Å². The Kier molecular flexibility index (Phi) is 5.26. The fourth-order valence-corrected chi connectivity index (χ4v) is 3.22. The zero-order valence-electron chi connectivity index (χ0n) is 12.3. The maximum atomic E-state index is 13.5. The van der Waals surface area contributed by atoms with E-state index in [0.717, 1.165) is 29.0 Å². The topological polar surface area (TPSA) is 49.3 Å². The number of hydrogen-bond acceptors (Lipinski definition) is 3. The highest BCUT2D eigenvalue weighted by molar-refractivity contribution is 7.14. The molecule has 2 aromatic rings. The first-order valence-corrected chi connectivity index (χ1v) is 7.75. The highest BCUT2D eigenvalue weighted by Gasteiger charge is 2.19. The monoisotopic (exact) mass is 325 g/mol. The molecular formula is C16H17F2NO2S. The van der Waals surface area contributed by atoms with Crippen LogP contribution in [0.25, 0.3) is 0 Å². The SMILES string of the molecule is CCc1sc(C(=O)NCC(O)c2c(F)cccc2F)cc1C. The van der Waals surface area contributed by atoms with Crippen LogP contribution < -0.4 is 5.32 Å². The van der Waals surface area contributed by atoms with E-state index in [9.17, 15) is 18.7 Å². The summed E-state index contributed by atoms with van der Waals surface area (Å²) >= 11 is 1.38. The van der Waals surface area contributed by atoms with Gasteiger partial charge in [0.1, 0.15) is 17.7 Å². The van der Waals surface area contributed by atoms with E-state index in [1.54, 1.807) is 6.07 Å². The predicted octanol–water partition coefficient (Wildman–Crippen LogP) is 3.36. The Morgan fingerprint density at radius 3 is 2.55 bits per heavy atom. The summed E-state index contributed by atoms with van der Waals surface area (Å²) in [6, 6.07) is 5.13. The third-order valence-corrected chi connectivity index (χ3v) is 4.73.